The summed E-state index contributed by atoms with van der Waals surface area (Å²) in [5, 5.41) is 6.44. The number of nitrogens with zero attached hydrogens (tertiary/aromatic N) is 3. The lowest BCUT2D eigenvalue weighted by Crippen LogP contribution is -2.16. The van der Waals surface area contributed by atoms with Gasteiger partial charge in [0.2, 0.25) is 0 Å². The van der Waals surface area contributed by atoms with E-state index in [0.29, 0.717) is 26.8 Å². The van der Waals surface area contributed by atoms with E-state index in [2.05, 4.69) is 25.6 Å². The van der Waals surface area contributed by atoms with E-state index in [9.17, 15) is 4.79 Å². The number of aryl methyl sites for hydroxylation is 1. The lowest BCUT2D eigenvalue weighted by atomic mass is 10.5. The molecule has 18 heavy (non-hydrogen) atoms. The first kappa shape index (κ1) is 12.7. The van der Waals surface area contributed by atoms with Crippen LogP contribution in [0.5, 0.6) is 0 Å². The quantitative estimate of drug-likeness (QED) is 0.842. The predicted octanol–water partition coefficient (Wildman–Crippen LogP) is 2.00. The van der Waals surface area contributed by atoms with Gasteiger partial charge in [-0.3, -0.25) is 4.79 Å². The molecule has 0 fully saturated rings. The first-order valence-corrected chi connectivity index (χ1v) is 6.24. The third-order valence-electron chi connectivity index (χ3n) is 2.00. The molecule has 2 N–H and O–H groups in total. The van der Waals surface area contributed by atoms with Crippen molar-refractivity contribution >= 4 is 39.8 Å². The average Bonchev–Trinajstić information content (AvgIpc) is 2.75. The van der Waals surface area contributed by atoms with Crippen molar-refractivity contribution in [1.82, 2.24) is 20.3 Å². The van der Waals surface area contributed by atoms with Crippen LogP contribution in [0.25, 0.3) is 0 Å². The van der Waals surface area contributed by atoms with Crippen LogP contribution >= 0.6 is 22.9 Å². The number of aromatic nitrogens is 3. The largest absolute Gasteiger partial charge is 0.354 e. The Bertz CT molecular complexity index is 565. The molecule has 0 radical (unpaired) electrons. The van der Waals surface area contributed by atoms with Crippen LogP contribution in [-0.2, 0) is 0 Å². The number of nitrogens with one attached hydrogen (secondary N) is 2. The Morgan fingerprint density at radius 3 is 2.89 bits per heavy atom. The summed E-state index contributed by atoms with van der Waals surface area (Å²) < 4.78 is 0. The molecule has 0 saturated carbocycles. The number of hydrogen-bond acceptors (Lipinski definition) is 6. The second-order valence-electron chi connectivity index (χ2n) is 3.36. The molecule has 0 aliphatic rings. The summed E-state index contributed by atoms with van der Waals surface area (Å²) >= 11 is 7.06. The third kappa shape index (κ3) is 2.93. The van der Waals surface area contributed by atoms with E-state index < -0.39 is 0 Å². The van der Waals surface area contributed by atoms with Crippen LogP contribution in [0.15, 0.2) is 12.3 Å². The van der Waals surface area contributed by atoms with Crippen LogP contribution in [0.1, 0.15) is 15.5 Å². The maximum atomic E-state index is 11.4. The van der Waals surface area contributed by atoms with Gasteiger partial charge in [-0.05, 0) is 6.92 Å². The van der Waals surface area contributed by atoms with Gasteiger partial charge in [-0.15, -0.1) is 0 Å². The van der Waals surface area contributed by atoms with Crippen molar-refractivity contribution in [2.75, 3.05) is 12.4 Å². The maximum absolute atomic E-state index is 11.4. The molecule has 94 valence electrons. The van der Waals surface area contributed by atoms with Crippen LogP contribution in [-0.4, -0.2) is 27.9 Å². The zero-order valence-electron chi connectivity index (χ0n) is 9.69. The molecule has 0 aliphatic heterocycles. The summed E-state index contributed by atoms with van der Waals surface area (Å²) in [5.41, 5.74) is 0. The third-order valence-corrected chi connectivity index (χ3v) is 3.10. The standard InChI is InChI=1S/C10H10ClN5OS/c1-5-14-7(11)3-8(15-5)16-10-13-4-6(18-10)9(17)12-2/h3-4H,1-2H3,(H,12,17)(H,13,14,15,16). The second-order valence-corrected chi connectivity index (χ2v) is 4.77. The van der Waals surface area contributed by atoms with Gasteiger partial charge in [0.15, 0.2) is 5.13 Å². The van der Waals surface area contributed by atoms with Crippen LogP contribution in [0, 0.1) is 6.92 Å². The van der Waals surface area contributed by atoms with E-state index in [-0.39, 0.29) is 5.91 Å². The van der Waals surface area contributed by atoms with Gasteiger partial charge in [-0.1, -0.05) is 22.9 Å². The Morgan fingerprint density at radius 1 is 1.44 bits per heavy atom. The lowest BCUT2D eigenvalue weighted by molar-refractivity contribution is 0.0967. The van der Waals surface area contributed by atoms with Crippen LogP contribution in [0.4, 0.5) is 10.9 Å². The summed E-state index contributed by atoms with van der Waals surface area (Å²) in [4.78, 5) is 24.1. The van der Waals surface area contributed by atoms with E-state index in [4.69, 9.17) is 11.6 Å². The smallest absolute Gasteiger partial charge is 0.262 e. The van der Waals surface area contributed by atoms with Gasteiger partial charge in [0, 0.05) is 13.1 Å². The first-order valence-electron chi connectivity index (χ1n) is 5.04. The Labute approximate surface area is 112 Å². The van der Waals surface area contributed by atoms with Crippen LogP contribution in [0.2, 0.25) is 5.15 Å². The van der Waals surface area contributed by atoms with Crippen LogP contribution in [0.3, 0.4) is 0 Å². The minimum Gasteiger partial charge on any atom is -0.354 e. The van der Waals surface area contributed by atoms with Gasteiger partial charge < -0.3 is 10.6 Å². The molecule has 1 amide bonds. The molecule has 0 bridgehead atoms. The monoisotopic (exact) mass is 283 g/mol. The highest BCUT2D eigenvalue weighted by Crippen LogP contribution is 2.22. The fourth-order valence-electron chi connectivity index (χ4n) is 1.26. The highest BCUT2D eigenvalue weighted by atomic mass is 35.5. The van der Waals surface area contributed by atoms with Gasteiger partial charge >= 0.3 is 0 Å². The Kier molecular flexibility index (Phi) is 3.73. The van der Waals surface area contributed by atoms with Crippen molar-refractivity contribution in [3.8, 4) is 0 Å². The number of thiazole rings is 1. The van der Waals surface area contributed by atoms with Gasteiger partial charge in [0.05, 0.1) is 6.20 Å². The van der Waals surface area contributed by atoms with E-state index in [1.54, 1.807) is 20.0 Å². The highest BCUT2D eigenvalue weighted by molar-refractivity contribution is 7.17. The molecule has 0 saturated heterocycles. The van der Waals surface area contributed by atoms with Crippen molar-refractivity contribution in [2.24, 2.45) is 0 Å². The number of hydrogen-bond donors (Lipinski definition) is 2. The predicted molar refractivity (Wildman–Crippen MR) is 70.6 cm³/mol. The average molecular weight is 284 g/mol. The zero-order chi connectivity index (χ0) is 13.1. The second kappa shape index (κ2) is 5.28. The molecule has 6 nitrogen and oxygen atoms in total. The summed E-state index contributed by atoms with van der Waals surface area (Å²) in [5.74, 6) is 0.941. The summed E-state index contributed by atoms with van der Waals surface area (Å²) in [6.45, 7) is 1.74. The van der Waals surface area contributed by atoms with Crippen molar-refractivity contribution in [1.29, 1.82) is 0 Å². The zero-order valence-corrected chi connectivity index (χ0v) is 11.3. The summed E-state index contributed by atoms with van der Waals surface area (Å²) in [6, 6.07) is 1.59. The Balaban J connectivity index is 2.18. The normalized spacial score (nSPS) is 10.2. The highest BCUT2D eigenvalue weighted by Gasteiger charge is 2.09. The summed E-state index contributed by atoms with van der Waals surface area (Å²) in [7, 11) is 1.57. The van der Waals surface area contributed by atoms with E-state index in [1.807, 2.05) is 0 Å². The van der Waals surface area contributed by atoms with Gasteiger partial charge in [-0.25, -0.2) is 15.0 Å². The lowest BCUT2D eigenvalue weighted by Gasteiger charge is -2.02. The number of carbonyl (C=O) groups excluding carboxylic acids is 1. The van der Waals surface area contributed by atoms with Crippen molar-refractivity contribution in [3.63, 3.8) is 0 Å². The molecule has 0 atom stereocenters. The molecule has 0 unspecified atom stereocenters. The topological polar surface area (TPSA) is 79.8 Å². The minimum absolute atomic E-state index is 0.169. The van der Waals surface area contributed by atoms with Gasteiger partial charge in [-0.2, -0.15) is 0 Å². The number of amides is 1. The molecule has 8 heteroatoms. The fraction of sp³-hybridized carbons (Fsp3) is 0.200. The summed E-state index contributed by atoms with van der Waals surface area (Å²) in [6.07, 6.45) is 1.50. The van der Waals surface area contributed by atoms with E-state index >= 15 is 0 Å². The van der Waals surface area contributed by atoms with E-state index in [0.717, 1.165) is 0 Å². The molecule has 0 aromatic carbocycles. The maximum Gasteiger partial charge on any atom is 0.262 e. The van der Waals surface area contributed by atoms with E-state index in [1.165, 1.54) is 17.5 Å². The molecule has 2 rings (SSSR count). The number of halogens is 1. The number of anilines is 2. The fourth-order valence-corrected chi connectivity index (χ4v) is 2.26. The molecule has 0 spiro atoms. The van der Waals surface area contributed by atoms with Crippen molar-refractivity contribution in [3.05, 3.63) is 28.1 Å². The molecule has 2 aromatic heterocycles. The Morgan fingerprint density at radius 2 is 2.22 bits per heavy atom. The number of carbonyl (C=O) groups is 1. The van der Waals surface area contributed by atoms with Gasteiger partial charge in [0.1, 0.15) is 21.7 Å². The number of rotatable bonds is 3. The van der Waals surface area contributed by atoms with Crippen LogP contribution < -0.4 is 10.6 Å². The molecule has 2 heterocycles. The molecular formula is C10H10ClN5OS. The Hall–Kier alpha value is -1.73. The van der Waals surface area contributed by atoms with Gasteiger partial charge in [0.25, 0.3) is 5.91 Å². The first-order chi connectivity index (χ1) is 8.58. The minimum atomic E-state index is -0.169. The van der Waals surface area contributed by atoms with Crippen molar-refractivity contribution in [2.45, 2.75) is 6.92 Å². The molecular weight excluding hydrogens is 274 g/mol. The SMILES string of the molecule is CNC(=O)c1cnc(Nc2cc(Cl)nc(C)n2)s1. The van der Waals surface area contributed by atoms with Crippen molar-refractivity contribution < 1.29 is 4.79 Å². The molecule has 2 aromatic rings. The molecule has 0 aliphatic carbocycles.